The molecule has 1 saturated heterocycles. The summed E-state index contributed by atoms with van der Waals surface area (Å²) in [5, 5.41) is 8.81. The third-order valence-corrected chi connectivity index (χ3v) is 5.93. The van der Waals surface area contributed by atoms with Crippen molar-refractivity contribution >= 4 is 21.9 Å². The predicted octanol–water partition coefficient (Wildman–Crippen LogP) is 0.761. The molecule has 0 spiro atoms. The maximum absolute atomic E-state index is 12.3. The van der Waals surface area contributed by atoms with Crippen molar-refractivity contribution in [2.75, 3.05) is 31.9 Å². The number of carboxylic acids is 1. The van der Waals surface area contributed by atoms with E-state index in [0.717, 1.165) is 6.42 Å². The van der Waals surface area contributed by atoms with Gasteiger partial charge in [-0.25, -0.2) is 12.7 Å². The third kappa shape index (κ3) is 5.24. The molecule has 0 atom stereocenters. The van der Waals surface area contributed by atoms with Gasteiger partial charge in [0.1, 0.15) is 6.54 Å². The number of likely N-dealkylation sites (N-methyl/N-ethyl adjacent to an activating group) is 1. The maximum Gasteiger partial charge on any atom is 0.323 e. The van der Waals surface area contributed by atoms with E-state index in [0.29, 0.717) is 38.9 Å². The van der Waals surface area contributed by atoms with E-state index in [1.165, 1.54) is 9.21 Å². The molecule has 1 aliphatic rings. The minimum atomic E-state index is -3.23. The summed E-state index contributed by atoms with van der Waals surface area (Å²) in [7, 11) is -3.23. The van der Waals surface area contributed by atoms with Gasteiger partial charge in [0.2, 0.25) is 15.9 Å². The van der Waals surface area contributed by atoms with Crippen LogP contribution < -0.4 is 0 Å². The molecule has 0 aromatic heterocycles. The van der Waals surface area contributed by atoms with Gasteiger partial charge in [-0.2, -0.15) is 0 Å². The Balaban J connectivity index is 2.57. The van der Waals surface area contributed by atoms with Gasteiger partial charge in [-0.05, 0) is 26.2 Å². The van der Waals surface area contributed by atoms with Gasteiger partial charge in [-0.1, -0.05) is 13.3 Å². The van der Waals surface area contributed by atoms with Crippen molar-refractivity contribution in [1.82, 2.24) is 9.21 Å². The molecule has 1 heterocycles. The van der Waals surface area contributed by atoms with Gasteiger partial charge in [0, 0.05) is 25.6 Å². The molecule has 8 heteroatoms. The van der Waals surface area contributed by atoms with Crippen molar-refractivity contribution in [1.29, 1.82) is 0 Å². The Morgan fingerprint density at radius 3 is 2.27 bits per heavy atom. The van der Waals surface area contributed by atoms with Crippen molar-refractivity contribution in [3.8, 4) is 0 Å². The Hall–Kier alpha value is -1.15. The fourth-order valence-electron chi connectivity index (χ4n) is 2.60. The van der Waals surface area contributed by atoms with Crippen molar-refractivity contribution in [2.45, 2.75) is 39.5 Å². The van der Waals surface area contributed by atoms with Gasteiger partial charge in [0.05, 0.1) is 5.75 Å². The molecule has 1 amide bonds. The van der Waals surface area contributed by atoms with E-state index in [1.54, 1.807) is 6.92 Å². The fraction of sp³-hybridized carbons (Fsp3) is 0.857. The molecule has 0 radical (unpaired) electrons. The average Bonchev–Trinajstić information content (AvgIpc) is 2.50. The summed E-state index contributed by atoms with van der Waals surface area (Å²) >= 11 is 0. The molecule has 0 unspecified atom stereocenters. The van der Waals surface area contributed by atoms with Crippen molar-refractivity contribution < 1.29 is 23.1 Å². The van der Waals surface area contributed by atoms with Crippen LogP contribution in [0.4, 0.5) is 0 Å². The Morgan fingerprint density at radius 2 is 1.82 bits per heavy atom. The van der Waals surface area contributed by atoms with Crippen LogP contribution in [0.15, 0.2) is 0 Å². The van der Waals surface area contributed by atoms with Crippen molar-refractivity contribution in [3.05, 3.63) is 0 Å². The maximum atomic E-state index is 12.3. The zero-order chi connectivity index (χ0) is 16.8. The summed E-state index contributed by atoms with van der Waals surface area (Å²) in [4.78, 5) is 24.4. The Bertz CT molecular complexity index is 483. The zero-order valence-electron chi connectivity index (χ0n) is 13.3. The van der Waals surface area contributed by atoms with Gasteiger partial charge < -0.3 is 10.0 Å². The summed E-state index contributed by atoms with van der Waals surface area (Å²) in [6.07, 6.45) is 2.39. The standard InChI is InChI=1S/C14H26N2O5S/c1-3-5-10-22(20,21)16-8-6-12(7-9-16)14(19)15(4-2)11-13(17)18/h12H,3-11H2,1-2H3,(H,17,18). The lowest BCUT2D eigenvalue weighted by Gasteiger charge is -2.33. The quantitative estimate of drug-likeness (QED) is 0.707. The normalized spacial score (nSPS) is 17.4. The highest BCUT2D eigenvalue weighted by molar-refractivity contribution is 7.89. The van der Waals surface area contributed by atoms with Crippen LogP contribution in [0.1, 0.15) is 39.5 Å². The number of hydrogen-bond donors (Lipinski definition) is 1. The van der Waals surface area contributed by atoms with Gasteiger partial charge >= 0.3 is 5.97 Å². The third-order valence-electron chi connectivity index (χ3n) is 3.97. The lowest BCUT2D eigenvalue weighted by atomic mass is 9.96. The van der Waals surface area contributed by atoms with E-state index in [4.69, 9.17) is 5.11 Å². The van der Waals surface area contributed by atoms with Gasteiger partial charge in [-0.3, -0.25) is 9.59 Å². The molecular weight excluding hydrogens is 308 g/mol. The number of amides is 1. The highest BCUT2D eigenvalue weighted by Gasteiger charge is 2.32. The minimum absolute atomic E-state index is 0.155. The topological polar surface area (TPSA) is 95.0 Å². The van der Waals surface area contributed by atoms with Crippen LogP contribution in [0.2, 0.25) is 0 Å². The number of piperidine rings is 1. The number of carbonyl (C=O) groups excluding carboxylic acids is 1. The first kappa shape index (κ1) is 18.9. The summed E-state index contributed by atoms with van der Waals surface area (Å²) in [6, 6.07) is 0. The lowest BCUT2D eigenvalue weighted by molar-refractivity contribution is -0.146. The second kappa shape index (κ2) is 8.47. The first-order valence-corrected chi connectivity index (χ1v) is 9.41. The van der Waals surface area contributed by atoms with Crippen LogP contribution in [-0.4, -0.2) is 66.5 Å². The lowest BCUT2D eigenvalue weighted by Crippen LogP contribution is -2.46. The molecule has 7 nitrogen and oxygen atoms in total. The number of hydrogen-bond acceptors (Lipinski definition) is 4. The Labute approximate surface area is 132 Å². The molecule has 1 N–H and O–H groups in total. The average molecular weight is 334 g/mol. The van der Waals surface area contributed by atoms with Crippen LogP contribution >= 0.6 is 0 Å². The first-order chi connectivity index (χ1) is 10.3. The van der Waals surface area contributed by atoms with E-state index >= 15 is 0 Å². The van der Waals surface area contributed by atoms with Gasteiger partial charge in [-0.15, -0.1) is 0 Å². The summed E-state index contributed by atoms with van der Waals surface area (Å²) in [6.45, 7) is 4.41. The number of carboxylic acid groups (broad SMARTS) is 1. The number of aliphatic carboxylic acids is 1. The molecule has 1 fully saturated rings. The largest absolute Gasteiger partial charge is 0.480 e. The monoisotopic (exact) mass is 334 g/mol. The van der Waals surface area contributed by atoms with E-state index in [2.05, 4.69) is 0 Å². The second-order valence-electron chi connectivity index (χ2n) is 5.59. The Morgan fingerprint density at radius 1 is 1.23 bits per heavy atom. The van der Waals surface area contributed by atoms with Gasteiger partial charge in [0.25, 0.3) is 0 Å². The number of rotatable bonds is 8. The van der Waals surface area contributed by atoms with Crippen molar-refractivity contribution in [2.24, 2.45) is 5.92 Å². The molecule has 0 aromatic carbocycles. The number of unbranched alkanes of at least 4 members (excludes halogenated alkanes) is 1. The van der Waals surface area contributed by atoms with Crippen LogP contribution in [0.25, 0.3) is 0 Å². The molecule has 128 valence electrons. The van der Waals surface area contributed by atoms with Crippen LogP contribution in [-0.2, 0) is 19.6 Å². The van der Waals surface area contributed by atoms with Crippen LogP contribution in [0, 0.1) is 5.92 Å². The minimum Gasteiger partial charge on any atom is -0.480 e. The summed E-state index contributed by atoms with van der Waals surface area (Å²) < 4.78 is 25.7. The molecule has 1 aliphatic heterocycles. The van der Waals surface area contributed by atoms with Crippen LogP contribution in [0.3, 0.4) is 0 Å². The molecule has 1 rings (SSSR count). The van der Waals surface area contributed by atoms with E-state index < -0.39 is 16.0 Å². The number of carbonyl (C=O) groups is 2. The smallest absolute Gasteiger partial charge is 0.323 e. The highest BCUT2D eigenvalue weighted by Crippen LogP contribution is 2.22. The Kier molecular flexibility index (Phi) is 7.28. The molecule has 22 heavy (non-hydrogen) atoms. The molecule has 0 aliphatic carbocycles. The van der Waals surface area contributed by atoms with E-state index in [9.17, 15) is 18.0 Å². The molecule has 0 aromatic rings. The molecular formula is C14H26N2O5S. The van der Waals surface area contributed by atoms with Crippen molar-refractivity contribution in [3.63, 3.8) is 0 Å². The summed E-state index contributed by atoms with van der Waals surface area (Å²) in [5.41, 5.74) is 0. The van der Waals surface area contributed by atoms with E-state index in [-0.39, 0.29) is 24.1 Å². The van der Waals surface area contributed by atoms with E-state index in [1.807, 2.05) is 6.92 Å². The molecule has 0 saturated carbocycles. The van der Waals surface area contributed by atoms with Crippen LogP contribution in [0.5, 0.6) is 0 Å². The number of sulfonamides is 1. The highest BCUT2D eigenvalue weighted by atomic mass is 32.2. The second-order valence-corrected chi connectivity index (χ2v) is 7.68. The zero-order valence-corrected chi connectivity index (χ0v) is 14.1. The fourth-order valence-corrected chi connectivity index (χ4v) is 4.28. The first-order valence-electron chi connectivity index (χ1n) is 7.80. The number of nitrogens with zero attached hydrogens (tertiary/aromatic N) is 2. The molecule has 0 bridgehead atoms. The SMILES string of the molecule is CCCCS(=O)(=O)N1CCC(C(=O)N(CC)CC(=O)O)CC1. The van der Waals surface area contributed by atoms with Gasteiger partial charge in [0.15, 0.2) is 0 Å². The summed E-state index contributed by atoms with van der Waals surface area (Å²) in [5.74, 6) is -1.34. The predicted molar refractivity (Wildman–Crippen MR) is 82.9 cm³/mol.